The summed E-state index contributed by atoms with van der Waals surface area (Å²) in [6.45, 7) is 4.87. The van der Waals surface area contributed by atoms with Gasteiger partial charge >= 0.3 is 0 Å². The van der Waals surface area contributed by atoms with Gasteiger partial charge in [0.2, 0.25) is 0 Å². The highest BCUT2D eigenvalue weighted by molar-refractivity contribution is 6.30. The average molecular weight is 526 g/mol. The van der Waals surface area contributed by atoms with Gasteiger partial charge in [-0.2, -0.15) is 0 Å². The normalized spacial score (nSPS) is 30.6. The number of benzene rings is 2. The Bertz CT molecular complexity index is 1340. The van der Waals surface area contributed by atoms with Crippen LogP contribution in [0.15, 0.2) is 24.3 Å². The van der Waals surface area contributed by atoms with Gasteiger partial charge in [-0.05, 0) is 6.92 Å². The van der Waals surface area contributed by atoms with Crippen LogP contribution in [0, 0.1) is 5.92 Å². The molecule has 10 heteroatoms. The van der Waals surface area contributed by atoms with Crippen molar-refractivity contribution < 1.29 is 44.3 Å². The smallest absolute Gasteiger partial charge is 0.198 e. The van der Waals surface area contributed by atoms with Gasteiger partial charge in [-0.3, -0.25) is 14.4 Å². The van der Waals surface area contributed by atoms with Crippen LogP contribution in [-0.4, -0.2) is 67.9 Å². The molecular formula is C28H31NO9. The number of nitrogens with two attached hydrogens (primary N) is 1. The second-order valence-corrected chi connectivity index (χ2v) is 10.8. The second-order valence-electron chi connectivity index (χ2n) is 10.8. The van der Waals surface area contributed by atoms with E-state index in [4.69, 9.17) is 15.2 Å². The quantitative estimate of drug-likeness (QED) is 0.315. The summed E-state index contributed by atoms with van der Waals surface area (Å²) >= 11 is 0. The van der Waals surface area contributed by atoms with E-state index in [-0.39, 0.29) is 46.2 Å². The molecule has 2 aromatic rings. The van der Waals surface area contributed by atoms with Crippen LogP contribution in [0.1, 0.15) is 82.7 Å². The molecular weight excluding hydrogens is 494 g/mol. The third-order valence-corrected chi connectivity index (χ3v) is 7.82. The minimum Gasteiger partial charge on any atom is -0.507 e. The lowest BCUT2D eigenvalue weighted by Gasteiger charge is -2.42. The lowest BCUT2D eigenvalue weighted by atomic mass is 9.70. The van der Waals surface area contributed by atoms with Gasteiger partial charge in [0, 0.05) is 53.5 Å². The van der Waals surface area contributed by atoms with E-state index in [2.05, 4.69) is 0 Å². The van der Waals surface area contributed by atoms with Crippen LogP contribution in [-0.2, 0) is 20.7 Å². The lowest BCUT2D eigenvalue weighted by molar-refractivity contribution is -0.247. The molecule has 2 aliphatic carbocycles. The second kappa shape index (κ2) is 9.25. The van der Waals surface area contributed by atoms with Crippen LogP contribution in [0.25, 0.3) is 0 Å². The average Bonchev–Trinajstić information content (AvgIpc) is 2.87. The van der Waals surface area contributed by atoms with Crippen molar-refractivity contribution in [2.24, 2.45) is 11.7 Å². The standard InChI is InChI=1S/C28H31NO9/c1-11(2)27(35)28(36)9-15-19(17(10-28)38-18-8-16(29)22(30)12(3)37-18)26(34)21-20(25(15)33)23(31)13-6-4-5-7-14(13)24(21)32/h4-7,11-12,16-18,22,30,33-34,36H,8-10,29H2,1-3H3/t12-,16-,17-,18-,22+,28-/m0/s1. The van der Waals surface area contributed by atoms with Crippen LogP contribution in [0.2, 0.25) is 0 Å². The summed E-state index contributed by atoms with van der Waals surface area (Å²) in [5, 5.41) is 44.5. The van der Waals surface area contributed by atoms with Crippen LogP contribution >= 0.6 is 0 Å². The molecule has 0 spiro atoms. The highest BCUT2D eigenvalue weighted by atomic mass is 16.7. The molecule has 202 valence electrons. The van der Waals surface area contributed by atoms with Crippen molar-refractivity contribution in [2.75, 3.05) is 0 Å². The molecule has 0 bridgehead atoms. The zero-order chi connectivity index (χ0) is 27.7. The minimum absolute atomic E-state index is 0.000964. The topological polar surface area (TPSA) is 177 Å². The maximum absolute atomic E-state index is 13.4. The monoisotopic (exact) mass is 525 g/mol. The molecule has 6 atom stereocenters. The summed E-state index contributed by atoms with van der Waals surface area (Å²) in [7, 11) is 0. The first-order valence-corrected chi connectivity index (χ1v) is 12.7. The molecule has 5 rings (SSSR count). The number of fused-ring (bicyclic) bond motifs is 3. The van der Waals surface area contributed by atoms with E-state index in [0.29, 0.717) is 0 Å². The van der Waals surface area contributed by atoms with Gasteiger partial charge in [0.05, 0.1) is 29.4 Å². The molecule has 6 N–H and O–H groups in total. The number of hydrogen-bond acceptors (Lipinski definition) is 10. The van der Waals surface area contributed by atoms with E-state index < -0.39 is 77.4 Å². The molecule has 10 nitrogen and oxygen atoms in total. The summed E-state index contributed by atoms with van der Waals surface area (Å²) in [4.78, 5) is 39.9. The molecule has 0 aromatic heterocycles. The van der Waals surface area contributed by atoms with Crippen molar-refractivity contribution in [3.63, 3.8) is 0 Å². The molecule has 0 saturated carbocycles. The molecule has 1 aliphatic heterocycles. The maximum atomic E-state index is 13.4. The summed E-state index contributed by atoms with van der Waals surface area (Å²) < 4.78 is 11.9. The zero-order valence-electron chi connectivity index (χ0n) is 21.3. The molecule has 1 heterocycles. The van der Waals surface area contributed by atoms with E-state index in [1.807, 2.05) is 0 Å². The molecule has 0 radical (unpaired) electrons. The fourth-order valence-corrected chi connectivity index (χ4v) is 5.88. The molecule has 1 fully saturated rings. The fourth-order valence-electron chi connectivity index (χ4n) is 5.88. The van der Waals surface area contributed by atoms with Gasteiger partial charge in [-0.1, -0.05) is 38.1 Å². The van der Waals surface area contributed by atoms with Crippen molar-refractivity contribution in [1.82, 2.24) is 0 Å². The predicted octanol–water partition coefficient (Wildman–Crippen LogP) is 1.66. The van der Waals surface area contributed by atoms with E-state index in [1.165, 1.54) is 12.1 Å². The third-order valence-electron chi connectivity index (χ3n) is 7.82. The van der Waals surface area contributed by atoms with Crippen molar-refractivity contribution in [2.45, 2.75) is 76.3 Å². The van der Waals surface area contributed by atoms with Crippen molar-refractivity contribution in [3.05, 3.63) is 57.6 Å². The Labute approximate surface area is 219 Å². The van der Waals surface area contributed by atoms with Crippen LogP contribution in [0.5, 0.6) is 11.5 Å². The van der Waals surface area contributed by atoms with E-state index in [1.54, 1.807) is 32.9 Å². The van der Waals surface area contributed by atoms with Crippen LogP contribution in [0.4, 0.5) is 0 Å². The molecule has 38 heavy (non-hydrogen) atoms. The molecule has 1 saturated heterocycles. The van der Waals surface area contributed by atoms with Gasteiger partial charge in [-0.15, -0.1) is 0 Å². The number of ketones is 3. The van der Waals surface area contributed by atoms with Gasteiger partial charge in [-0.25, -0.2) is 0 Å². The number of carbonyl (C=O) groups excluding carboxylic acids is 3. The Morgan fingerprint density at radius 3 is 2.24 bits per heavy atom. The summed E-state index contributed by atoms with van der Waals surface area (Å²) in [6.07, 6.45) is -4.40. The summed E-state index contributed by atoms with van der Waals surface area (Å²) in [5.41, 5.74) is 3.42. The maximum Gasteiger partial charge on any atom is 0.198 e. The van der Waals surface area contributed by atoms with E-state index in [9.17, 15) is 34.8 Å². The Morgan fingerprint density at radius 1 is 1.11 bits per heavy atom. The summed E-state index contributed by atoms with van der Waals surface area (Å²) in [5.74, 6) is -3.52. The van der Waals surface area contributed by atoms with Gasteiger partial charge in [0.15, 0.2) is 23.6 Å². The number of aliphatic hydroxyl groups excluding tert-OH is 1. The van der Waals surface area contributed by atoms with Crippen LogP contribution < -0.4 is 5.73 Å². The largest absolute Gasteiger partial charge is 0.507 e. The van der Waals surface area contributed by atoms with Gasteiger partial charge < -0.3 is 35.6 Å². The number of phenols is 2. The zero-order valence-corrected chi connectivity index (χ0v) is 21.3. The lowest BCUT2D eigenvalue weighted by Crippen LogP contribution is -2.53. The van der Waals surface area contributed by atoms with E-state index >= 15 is 0 Å². The first-order chi connectivity index (χ1) is 17.9. The molecule has 0 amide bonds. The van der Waals surface area contributed by atoms with Gasteiger partial charge in [0.25, 0.3) is 0 Å². The van der Waals surface area contributed by atoms with Crippen LogP contribution in [0.3, 0.4) is 0 Å². The molecule has 0 unspecified atom stereocenters. The van der Waals surface area contributed by atoms with E-state index in [0.717, 1.165) is 0 Å². The van der Waals surface area contributed by atoms with Crippen molar-refractivity contribution >= 4 is 17.3 Å². The molecule has 2 aromatic carbocycles. The number of rotatable bonds is 4. The number of phenolic OH excluding ortho intramolecular Hbond substituents is 2. The SMILES string of the molecule is CC(C)C(=O)[C@]1(O)Cc2c(O)c3c(c(O)c2[C@@H](O[C@H]2C[C@H](N)[C@H](O)[C@H](C)O2)C1)C(=O)c1ccccc1C3=O. The molecule has 3 aliphatic rings. The minimum atomic E-state index is -1.99. The highest BCUT2D eigenvalue weighted by Crippen LogP contribution is 2.52. The van der Waals surface area contributed by atoms with Gasteiger partial charge in [0.1, 0.15) is 17.1 Å². The highest BCUT2D eigenvalue weighted by Gasteiger charge is 2.50. The number of aliphatic hydroxyl groups is 2. The Balaban J connectivity index is 1.67. The third kappa shape index (κ3) is 3.95. The first-order valence-electron chi connectivity index (χ1n) is 12.7. The van der Waals surface area contributed by atoms with Crippen molar-refractivity contribution in [1.29, 1.82) is 0 Å². The Morgan fingerprint density at radius 2 is 1.68 bits per heavy atom. The first kappa shape index (κ1) is 26.5. The number of hydrogen-bond donors (Lipinski definition) is 5. The van der Waals surface area contributed by atoms with Crippen molar-refractivity contribution in [3.8, 4) is 11.5 Å². The number of ether oxygens (including phenoxy) is 2. The fraction of sp³-hybridized carbons (Fsp3) is 0.464. The number of aromatic hydroxyl groups is 2. The predicted molar refractivity (Wildman–Crippen MR) is 133 cm³/mol. The Hall–Kier alpha value is -3.15. The number of carbonyl (C=O) groups is 3. The number of Topliss-reactive ketones (excluding diaryl/α,β-unsaturated/α-hetero) is 1. The summed E-state index contributed by atoms with van der Waals surface area (Å²) in [6, 6.07) is 5.42. The Kier molecular flexibility index (Phi) is 6.44.